The molecule has 0 bridgehead atoms. The van der Waals surface area contributed by atoms with Crippen LogP contribution in [0.1, 0.15) is 17.5 Å². The van der Waals surface area contributed by atoms with E-state index in [1.807, 2.05) is 30.3 Å². The van der Waals surface area contributed by atoms with Gasteiger partial charge in [0.1, 0.15) is 0 Å². The summed E-state index contributed by atoms with van der Waals surface area (Å²) in [5, 5.41) is 3.40. The topological polar surface area (TPSA) is 38.3 Å². The molecule has 2 rings (SSSR count). The van der Waals surface area contributed by atoms with Crippen LogP contribution in [0.4, 0.5) is 4.79 Å². The van der Waals surface area contributed by atoms with E-state index in [-0.39, 0.29) is 0 Å². The van der Waals surface area contributed by atoms with Gasteiger partial charge in [-0.3, -0.25) is 0 Å². The fourth-order valence-electron chi connectivity index (χ4n) is 1.91. The van der Waals surface area contributed by atoms with Gasteiger partial charge in [0.05, 0.1) is 6.61 Å². The van der Waals surface area contributed by atoms with Crippen molar-refractivity contribution >= 4 is 17.7 Å². The maximum atomic E-state index is 11.5. The Bertz CT molecular complexity index is 555. The Morgan fingerprint density at radius 2 is 1.71 bits per heavy atom. The third kappa shape index (κ3) is 5.88. The zero-order valence-electron chi connectivity index (χ0n) is 11.7. The number of aryl methyl sites for hydroxylation is 1. The summed E-state index contributed by atoms with van der Waals surface area (Å²) in [6.45, 7) is 0.857. The molecule has 2 aromatic rings. The van der Waals surface area contributed by atoms with E-state index in [9.17, 15) is 4.79 Å². The first-order chi connectivity index (χ1) is 10.2. The first-order valence-corrected chi connectivity index (χ1v) is 7.31. The maximum Gasteiger partial charge on any atom is 0.407 e. The van der Waals surface area contributed by atoms with Crippen LogP contribution in [0.15, 0.2) is 54.6 Å². The highest BCUT2D eigenvalue weighted by atomic mass is 35.5. The second-order valence-electron chi connectivity index (χ2n) is 4.71. The molecule has 0 atom stereocenters. The summed E-state index contributed by atoms with van der Waals surface area (Å²) in [4.78, 5) is 11.5. The predicted octanol–water partition coefficient (Wildman–Crippen LogP) is 4.20. The summed E-state index contributed by atoms with van der Waals surface area (Å²) in [5.41, 5.74) is 2.24. The van der Waals surface area contributed by atoms with Crippen molar-refractivity contribution < 1.29 is 9.53 Å². The van der Waals surface area contributed by atoms with Crippen molar-refractivity contribution in [2.45, 2.75) is 19.4 Å². The molecule has 0 aliphatic heterocycles. The molecule has 0 radical (unpaired) electrons. The van der Waals surface area contributed by atoms with E-state index >= 15 is 0 Å². The quantitative estimate of drug-likeness (QED) is 0.812. The van der Waals surface area contributed by atoms with Gasteiger partial charge in [-0.05, 0) is 36.1 Å². The number of amides is 1. The molecule has 0 aliphatic carbocycles. The molecular weight excluding hydrogens is 286 g/mol. The number of benzene rings is 2. The molecule has 0 aromatic heterocycles. The number of nitrogens with one attached hydrogen (secondary N) is 1. The molecule has 4 heteroatoms. The van der Waals surface area contributed by atoms with Gasteiger partial charge in [0.15, 0.2) is 0 Å². The first kappa shape index (κ1) is 15.4. The number of rotatable bonds is 6. The third-order valence-corrected chi connectivity index (χ3v) is 3.29. The summed E-state index contributed by atoms with van der Waals surface area (Å²) in [7, 11) is 0. The molecule has 1 amide bonds. The van der Waals surface area contributed by atoms with Crippen molar-refractivity contribution in [3.63, 3.8) is 0 Å². The highest BCUT2D eigenvalue weighted by molar-refractivity contribution is 6.30. The lowest BCUT2D eigenvalue weighted by Crippen LogP contribution is -2.24. The molecule has 0 saturated heterocycles. The maximum absolute atomic E-state index is 11.5. The van der Waals surface area contributed by atoms with E-state index in [4.69, 9.17) is 16.3 Å². The molecule has 0 unspecified atom stereocenters. The number of hydrogen-bond donors (Lipinski definition) is 1. The number of carbonyl (C=O) groups excluding carboxylic acids is 1. The average molecular weight is 304 g/mol. The summed E-state index contributed by atoms with van der Waals surface area (Å²) >= 11 is 5.80. The Labute approximate surface area is 129 Å². The van der Waals surface area contributed by atoms with Gasteiger partial charge in [0.25, 0.3) is 0 Å². The van der Waals surface area contributed by atoms with Gasteiger partial charge >= 0.3 is 6.09 Å². The summed E-state index contributed by atoms with van der Waals surface area (Å²) < 4.78 is 5.13. The SMILES string of the molecule is O=C(NCc1ccc(Cl)cc1)OCCCc1ccccc1. The Morgan fingerprint density at radius 3 is 2.43 bits per heavy atom. The monoisotopic (exact) mass is 303 g/mol. The number of hydrogen-bond acceptors (Lipinski definition) is 2. The Balaban J connectivity index is 1.60. The molecule has 0 fully saturated rings. The zero-order valence-corrected chi connectivity index (χ0v) is 12.5. The highest BCUT2D eigenvalue weighted by Gasteiger charge is 2.02. The summed E-state index contributed by atoms with van der Waals surface area (Å²) in [6.07, 6.45) is 1.34. The molecule has 0 aliphatic rings. The van der Waals surface area contributed by atoms with Gasteiger partial charge in [-0.25, -0.2) is 4.79 Å². The van der Waals surface area contributed by atoms with E-state index in [0.29, 0.717) is 18.2 Å². The standard InChI is InChI=1S/C17H18ClNO2/c18-16-10-8-15(9-11-16)13-19-17(20)21-12-4-7-14-5-2-1-3-6-14/h1-3,5-6,8-11H,4,7,12-13H2,(H,19,20). The van der Waals surface area contributed by atoms with Crippen LogP contribution in [0.3, 0.4) is 0 Å². The number of carbonyl (C=O) groups is 1. The van der Waals surface area contributed by atoms with E-state index in [1.165, 1.54) is 5.56 Å². The summed E-state index contributed by atoms with van der Waals surface area (Å²) in [6, 6.07) is 17.5. The van der Waals surface area contributed by atoms with Crippen LogP contribution in [0.5, 0.6) is 0 Å². The minimum absolute atomic E-state index is 0.391. The molecule has 110 valence electrons. The van der Waals surface area contributed by atoms with Crippen LogP contribution in [0.25, 0.3) is 0 Å². The van der Waals surface area contributed by atoms with Crippen molar-refractivity contribution in [3.8, 4) is 0 Å². The van der Waals surface area contributed by atoms with Crippen LogP contribution < -0.4 is 5.32 Å². The van der Waals surface area contributed by atoms with Crippen molar-refractivity contribution in [3.05, 3.63) is 70.7 Å². The van der Waals surface area contributed by atoms with Gasteiger partial charge in [0.2, 0.25) is 0 Å². The normalized spacial score (nSPS) is 10.1. The minimum Gasteiger partial charge on any atom is -0.450 e. The third-order valence-electron chi connectivity index (χ3n) is 3.04. The Kier molecular flexibility index (Phi) is 6.10. The number of ether oxygens (including phenoxy) is 1. The Hall–Kier alpha value is -2.00. The van der Waals surface area contributed by atoms with Crippen molar-refractivity contribution in [2.24, 2.45) is 0 Å². The number of halogens is 1. The van der Waals surface area contributed by atoms with E-state index in [2.05, 4.69) is 17.4 Å². The second-order valence-corrected chi connectivity index (χ2v) is 5.14. The van der Waals surface area contributed by atoms with Crippen LogP contribution in [-0.4, -0.2) is 12.7 Å². The average Bonchev–Trinajstić information content (AvgIpc) is 2.52. The van der Waals surface area contributed by atoms with Crippen molar-refractivity contribution in [2.75, 3.05) is 6.61 Å². The van der Waals surface area contributed by atoms with Crippen LogP contribution >= 0.6 is 11.6 Å². The predicted molar refractivity (Wildman–Crippen MR) is 84.4 cm³/mol. The molecule has 1 N–H and O–H groups in total. The lowest BCUT2D eigenvalue weighted by molar-refractivity contribution is 0.144. The first-order valence-electron chi connectivity index (χ1n) is 6.93. The fourth-order valence-corrected chi connectivity index (χ4v) is 2.04. The van der Waals surface area contributed by atoms with E-state index in [1.54, 1.807) is 12.1 Å². The van der Waals surface area contributed by atoms with Crippen molar-refractivity contribution in [1.29, 1.82) is 0 Å². The van der Waals surface area contributed by atoms with Crippen LogP contribution in [0.2, 0.25) is 5.02 Å². The van der Waals surface area contributed by atoms with Gasteiger partial charge in [-0.1, -0.05) is 54.1 Å². The molecule has 21 heavy (non-hydrogen) atoms. The van der Waals surface area contributed by atoms with Gasteiger partial charge in [0, 0.05) is 11.6 Å². The summed E-state index contributed by atoms with van der Waals surface area (Å²) in [5.74, 6) is 0. The minimum atomic E-state index is -0.391. The lowest BCUT2D eigenvalue weighted by atomic mass is 10.1. The van der Waals surface area contributed by atoms with E-state index < -0.39 is 6.09 Å². The molecule has 0 saturated carbocycles. The van der Waals surface area contributed by atoms with E-state index in [0.717, 1.165) is 18.4 Å². The molecule has 2 aromatic carbocycles. The highest BCUT2D eigenvalue weighted by Crippen LogP contribution is 2.09. The van der Waals surface area contributed by atoms with Gasteiger partial charge < -0.3 is 10.1 Å². The molecule has 3 nitrogen and oxygen atoms in total. The lowest BCUT2D eigenvalue weighted by Gasteiger charge is -2.07. The van der Waals surface area contributed by atoms with Crippen LogP contribution in [-0.2, 0) is 17.7 Å². The smallest absolute Gasteiger partial charge is 0.407 e. The molecule has 0 heterocycles. The zero-order chi connectivity index (χ0) is 14.9. The fraction of sp³-hybridized carbons (Fsp3) is 0.235. The molecule has 0 spiro atoms. The van der Waals surface area contributed by atoms with Crippen LogP contribution in [0, 0.1) is 0 Å². The second kappa shape index (κ2) is 8.32. The largest absolute Gasteiger partial charge is 0.450 e. The van der Waals surface area contributed by atoms with Crippen molar-refractivity contribution in [1.82, 2.24) is 5.32 Å². The van der Waals surface area contributed by atoms with Gasteiger partial charge in [-0.2, -0.15) is 0 Å². The number of alkyl carbamates (subject to hydrolysis) is 1. The Morgan fingerprint density at radius 1 is 1.00 bits per heavy atom. The molecular formula is C17H18ClNO2. The van der Waals surface area contributed by atoms with Gasteiger partial charge in [-0.15, -0.1) is 0 Å².